The third kappa shape index (κ3) is 2.25. The molecule has 0 unspecified atom stereocenters. The second-order valence-corrected chi connectivity index (χ2v) is 5.48. The first-order valence-corrected chi connectivity index (χ1v) is 7.43. The fourth-order valence-corrected chi connectivity index (χ4v) is 3.07. The van der Waals surface area contributed by atoms with Crippen LogP contribution in [0.25, 0.3) is 11.0 Å². The van der Waals surface area contributed by atoms with E-state index in [1.807, 2.05) is 6.07 Å². The number of aromatic nitrogens is 4. The van der Waals surface area contributed by atoms with Gasteiger partial charge in [-0.3, -0.25) is 5.10 Å². The normalized spacial score (nSPS) is 13.9. The minimum Gasteiger partial charge on any atom is -0.493 e. The number of methoxy groups -OCH3 is 2. The van der Waals surface area contributed by atoms with Crippen molar-refractivity contribution >= 4 is 16.9 Å². The first kappa shape index (κ1) is 13.8. The van der Waals surface area contributed by atoms with E-state index in [2.05, 4.69) is 31.1 Å². The summed E-state index contributed by atoms with van der Waals surface area (Å²) < 4.78 is 10.8. The summed E-state index contributed by atoms with van der Waals surface area (Å²) in [6.07, 6.45) is 4.27. The Bertz CT molecular complexity index is 861. The third-order valence-corrected chi connectivity index (χ3v) is 4.24. The molecule has 1 aliphatic rings. The molecule has 0 atom stereocenters. The van der Waals surface area contributed by atoms with Gasteiger partial charge in [0.2, 0.25) is 0 Å². The van der Waals surface area contributed by atoms with Gasteiger partial charge in [0.15, 0.2) is 17.1 Å². The van der Waals surface area contributed by atoms with E-state index in [4.69, 9.17) is 9.47 Å². The average Bonchev–Trinajstić information content (AvgIpc) is 3.08. The summed E-state index contributed by atoms with van der Waals surface area (Å²) in [5.74, 6) is 2.44. The molecule has 0 saturated heterocycles. The number of benzene rings is 1. The van der Waals surface area contributed by atoms with Crippen LogP contribution in [0.3, 0.4) is 0 Å². The number of anilines is 1. The number of ether oxygens (including phenoxy) is 2. The lowest BCUT2D eigenvalue weighted by atomic mass is 9.98. The number of nitrogens with zero attached hydrogens (tertiary/aromatic N) is 4. The summed E-state index contributed by atoms with van der Waals surface area (Å²) in [4.78, 5) is 10.9. The van der Waals surface area contributed by atoms with Gasteiger partial charge >= 0.3 is 0 Å². The van der Waals surface area contributed by atoms with Gasteiger partial charge in [-0.25, -0.2) is 9.97 Å². The van der Waals surface area contributed by atoms with Crippen molar-refractivity contribution in [3.8, 4) is 11.5 Å². The van der Waals surface area contributed by atoms with E-state index in [9.17, 15) is 0 Å². The van der Waals surface area contributed by atoms with Gasteiger partial charge in [0, 0.05) is 13.1 Å². The summed E-state index contributed by atoms with van der Waals surface area (Å²) in [6, 6.07) is 4.12. The van der Waals surface area contributed by atoms with Crippen molar-refractivity contribution in [3.05, 3.63) is 35.8 Å². The molecule has 0 spiro atoms. The molecule has 7 heteroatoms. The summed E-state index contributed by atoms with van der Waals surface area (Å²) in [7, 11) is 3.32. The van der Waals surface area contributed by atoms with Crippen molar-refractivity contribution in [3.63, 3.8) is 0 Å². The molecule has 4 rings (SSSR count). The quantitative estimate of drug-likeness (QED) is 0.796. The summed E-state index contributed by atoms with van der Waals surface area (Å²) in [6.45, 7) is 1.66. The second-order valence-electron chi connectivity index (χ2n) is 5.48. The topological polar surface area (TPSA) is 76.2 Å². The predicted molar refractivity (Wildman–Crippen MR) is 86.0 cm³/mol. The lowest BCUT2D eigenvalue weighted by Gasteiger charge is -2.30. The second kappa shape index (κ2) is 5.42. The van der Waals surface area contributed by atoms with Crippen LogP contribution in [0, 0.1) is 0 Å². The van der Waals surface area contributed by atoms with Gasteiger partial charge in [0.25, 0.3) is 0 Å². The SMILES string of the molecule is COc1cc2c(cc1OC)CN(c1ncnc3[nH]ncc13)CC2. The van der Waals surface area contributed by atoms with Crippen LogP contribution in [0.5, 0.6) is 11.5 Å². The standard InChI is InChI=1S/C16H17N5O2/c1-22-13-5-10-3-4-21(8-11(10)6-14(13)23-2)16-12-7-19-20-15(12)17-9-18-16/h5-7,9H,3-4,8H2,1-2H3,(H,17,18,19,20). The van der Waals surface area contributed by atoms with Crippen molar-refractivity contribution < 1.29 is 9.47 Å². The predicted octanol–water partition coefficient (Wildman–Crippen LogP) is 1.93. The van der Waals surface area contributed by atoms with E-state index in [0.717, 1.165) is 47.9 Å². The Hall–Kier alpha value is -2.83. The Morgan fingerprint density at radius 3 is 2.65 bits per heavy atom. The molecule has 0 bridgehead atoms. The molecular formula is C16H17N5O2. The van der Waals surface area contributed by atoms with Crippen LogP contribution < -0.4 is 14.4 Å². The maximum absolute atomic E-state index is 5.42. The molecule has 0 fully saturated rings. The fourth-order valence-electron chi connectivity index (χ4n) is 3.07. The number of hydrogen-bond acceptors (Lipinski definition) is 6. The summed E-state index contributed by atoms with van der Waals surface area (Å²) >= 11 is 0. The number of fused-ring (bicyclic) bond motifs is 2. The molecule has 118 valence electrons. The third-order valence-electron chi connectivity index (χ3n) is 4.24. The zero-order chi connectivity index (χ0) is 15.8. The molecule has 0 saturated carbocycles. The molecule has 1 aromatic carbocycles. The molecule has 1 N–H and O–H groups in total. The van der Waals surface area contributed by atoms with Crippen molar-refractivity contribution in [1.29, 1.82) is 0 Å². The Morgan fingerprint density at radius 2 is 1.87 bits per heavy atom. The minimum absolute atomic E-state index is 0.754. The fraction of sp³-hybridized carbons (Fsp3) is 0.312. The van der Waals surface area contributed by atoms with E-state index >= 15 is 0 Å². The van der Waals surface area contributed by atoms with Gasteiger partial charge in [-0.15, -0.1) is 0 Å². The Balaban J connectivity index is 1.72. The monoisotopic (exact) mass is 311 g/mol. The van der Waals surface area contributed by atoms with Crippen molar-refractivity contribution in [1.82, 2.24) is 20.2 Å². The molecule has 0 amide bonds. The maximum Gasteiger partial charge on any atom is 0.161 e. The highest BCUT2D eigenvalue weighted by Gasteiger charge is 2.22. The van der Waals surface area contributed by atoms with Gasteiger partial charge in [-0.2, -0.15) is 5.10 Å². The van der Waals surface area contributed by atoms with E-state index in [-0.39, 0.29) is 0 Å². The van der Waals surface area contributed by atoms with E-state index in [1.165, 1.54) is 11.1 Å². The minimum atomic E-state index is 0.754. The number of nitrogens with one attached hydrogen (secondary N) is 1. The van der Waals surface area contributed by atoms with Crippen molar-refractivity contribution in [2.24, 2.45) is 0 Å². The highest BCUT2D eigenvalue weighted by molar-refractivity contribution is 5.86. The highest BCUT2D eigenvalue weighted by atomic mass is 16.5. The molecule has 2 aromatic heterocycles. The Morgan fingerprint density at radius 1 is 1.09 bits per heavy atom. The molecule has 1 aliphatic heterocycles. The lowest BCUT2D eigenvalue weighted by molar-refractivity contribution is 0.353. The first-order chi connectivity index (χ1) is 11.3. The molecular weight excluding hydrogens is 294 g/mol. The maximum atomic E-state index is 5.42. The van der Waals surface area contributed by atoms with Crippen LogP contribution in [-0.4, -0.2) is 40.9 Å². The van der Waals surface area contributed by atoms with Crippen molar-refractivity contribution in [2.45, 2.75) is 13.0 Å². The van der Waals surface area contributed by atoms with Crippen LogP contribution in [0.2, 0.25) is 0 Å². The molecule has 0 radical (unpaired) electrons. The van der Waals surface area contributed by atoms with Crippen LogP contribution in [0.4, 0.5) is 5.82 Å². The zero-order valence-electron chi connectivity index (χ0n) is 13.0. The van der Waals surface area contributed by atoms with E-state index in [1.54, 1.807) is 26.7 Å². The molecule has 0 aliphatic carbocycles. The summed E-state index contributed by atoms with van der Waals surface area (Å²) in [5.41, 5.74) is 3.27. The number of H-pyrrole nitrogens is 1. The molecule has 3 aromatic rings. The molecule has 7 nitrogen and oxygen atoms in total. The highest BCUT2D eigenvalue weighted by Crippen LogP contribution is 2.34. The van der Waals surface area contributed by atoms with Gasteiger partial charge in [-0.1, -0.05) is 0 Å². The first-order valence-electron chi connectivity index (χ1n) is 7.43. The lowest BCUT2D eigenvalue weighted by Crippen LogP contribution is -2.31. The number of hydrogen-bond donors (Lipinski definition) is 1. The van der Waals surface area contributed by atoms with Gasteiger partial charge in [-0.05, 0) is 29.7 Å². The molecule has 23 heavy (non-hydrogen) atoms. The van der Waals surface area contributed by atoms with Crippen LogP contribution in [-0.2, 0) is 13.0 Å². The Labute approximate surface area is 133 Å². The van der Waals surface area contributed by atoms with Gasteiger partial charge < -0.3 is 14.4 Å². The van der Waals surface area contributed by atoms with Crippen LogP contribution in [0.1, 0.15) is 11.1 Å². The Kier molecular flexibility index (Phi) is 3.25. The van der Waals surface area contributed by atoms with Gasteiger partial charge in [0.1, 0.15) is 12.1 Å². The van der Waals surface area contributed by atoms with Crippen LogP contribution in [0.15, 0.2) is 24.7 Å². The van der Waals surface area contributed by atoms with Crippen molar-refractivity contribution in [2.75, 3.05) is 25.7 Å². The number of rotatable bonds is 3. The van der Waals surface area contributed by atoms with Gasteiger partial charge in [0.05, 0.1) is 25.8 Å². The largest absolute Gasteiger partial charge is 0.493 e. The molecule has 3 heterocycles. The number of aromatic amines is 1. The summed E-state index contributed by atoms with van der Waals surface area (Å²) in [5, 5.41) is 7.89. The van der Waals surface area contributed by atoms with Crippen LogP contribution >= 0.6 is 0 Å². The zero-order valence-corrected chi connectivity index (χ0v) is 13.0. The average molecular weight is 311 g/mol. The smallest absolute Gasteiger partial charge is 0.161 e. The van der Waals surface area contributed by atoms with E-state index in [0.29, 0.717) is 0 Å². The van der Waals surface area contributed by atoms with E-state index < -0.39 is 0 Å².